The molecule has 2 aromatic rings. The molecule has 190 valence electrons. The van der Waals surface area contributed by atoms with E-state index in [2.05, 4.69) is 50.4 Å². The molecule has 2 aromatic carbocycles. The van der Waals surface area contributed by atoms with Crippen LogP contribution in [0.3, 0.4) is 0 Å². The molecule has 0 saturated heterocycles. The second-order valence-electron chi connectivity index (χ2n) is 10.5. The Hall–Kier alpha value is -2.90. The summed E-state index contributed by atoms with van der Waals surface area (Å²) in [6.45, 7) is 12.3. The van der Waals surface area contributed by atoms with E-state index in [1.54, 1.807) is 6.08 Å². The van der Waals surface area contributed by atoms with Crippen molar-refractivity contribution in [3.8, 4) is 0 Å². The summed E-state index contributed by atoms with van der Waals surface area (Å²) in [5, 5.41) is 5.03. The van der Waals surface area contributed by atoms with Gasteiger partial charge in [-0.25, -0.2) is 9.59 Å². The molecule has 0 aromatic heterocycles. The minimum absolute atomic E-state index is 0.200. The number of amides is 1. The van der Waals surface area contributed by atoms with Crippen LogP contribution in [0.15, 0.2) is 72.8 Å². The van der Waals surface area contributed by atoms with Gasteiger partial charge in [-0.3, -0.25) is 0 Å². The number of ether oxygens (including phenoxy) is 2. The summed E-state index contributed by atoms with van der Waals surface area (Å²) >= 11 is 0. The summed E-state index contributed by atoms with van der Waals surface area (Å²) in [6.07, 6.45) is 2.89. The first-order valence-electron chi connectivity index (χ1n) is 11.9. The van der Waals surface area contributed by atoms with Crippen molar-refractivity contribution in [1.82, 2.24) is 5.32 Å². The van der Waals surface area contributed by atoms with Crippen molar-refractivity contribution in [1.29, 1.82) is 0 Å². The first-order valence-corrected chi connectivity index (χ1v) is 13.8. The Morgan fingerprint density at radius 2 is 1.43 bits per heavy atom. The fourth-order valence-electron chi connectivity index (χ4n) is 4.03. The van der Waals surface area contributed by atoms with E-state index in [1.807, 2.05) is 57.2 Å². The molecule has 0 spiro atoms. The highest BCUT2D eigenvalue weighted by molar-refractivity contribution is 6.99. The van der Waals surface area contributed by atoms with Crippen molar-refractivity contribution < 1.29 is 23.5 Å². The standard InChI is InChI=1S/C28H39NO5Si/c1-27(2,3)34-26(31)29-22(15-14-20-25(30)32-7)21-33-35(28(4,5)6,23-16-10-8-11-17-23)24-18-12-9-13-19-24/h8-14,16-20,22H,15,21H2,1-7H3,(H,29,31)/b20-14+/t22-/m1/s1. The fourth-order valence-corrected chi connectivity index (χ4v) is 8.63. The smallest absolute Gasteiger partial charge is 0.407 e. The van der Waals surface area contributed by atoms with Crippen LogP contribution in [-0.2, 0) is 18.7 Å². The summed E-state index contributed by atoms with van der Waals surface area (Å²) in [7, 11) is -1.46. The van der Waals surface area contributed by atoms with Crippen LogP contribution in [0.25, 0.3) is 0 Å². The summed E-state index contributed by atoms with van der Waals surface area (Å²) < 4.78 is 17.1. The molecule has 0 unspecified atom stereocenters. The molecule has 0 heterocycles. The largest absolute Gasteiger partial charge is 0.466 e. The number of rotatable bonds is 9. The molecule has 0 aliphatic heterocycles. The zero-order chi connectivity index (χ0) is 26.1. The molecule has 0 aliphatic carbocycles. The van der Waals surface area contributed by atoms with Crippen molar-refractivity contribution in [2.24, 2.45) is 0 Å². The summed E-state index contributed by atoms with van der Waals surface area (Å²) in [5.74, 6) is -0.450. The van der Waals surface area contributed by atoms with Crippen LogP contribution in [-0.4, -0.2) is 45.7 Å². The van der Waals surface area contributed by atoms with Crippen molar-refractivity contribution >= 4 is 30.8 Å². The molecule has 35 heavy (non-hydrogen) atoms. The average Bonchev–Trinajstić information content (AvgIpc) is 2.78. The number of hydrogen-bond donors (Lipinski definition) is 1. The Morgan fingerprint density at radius 3 is 1.86 bits per heavy atom. The number of alkyl carbamates (subject to hydrolysis) is 1. The minimum Gasteiger partial charge on any atom is -0.466 e. The third-order valence-electron chi connectivity index (χ3n) is 5.51. The molecule has 0 radical (unpaired) electrons. The summed E-state index contributed by atoms with van der Waals surface area (Å²) in [6, 6.07) is 20.2. The molecule has 0 bridgehead atoms. The van der Waals surface area contributed by atoms with Gasteiger partial charge in [-0.15, -0.1) is 0 Å². The molecule has 0 aliphatic rings. The Bertz CT molecular complexity index is 938. The van der Waals surface area contributed by atoms with E-state index in [4.69, 9.17) is 13.9 Å². The first-order chi connectivity index (χ1) is 16.4. The molecular formula is C28H39NO5Si. The molecule has 2 rings (SSSR count). The van der Waals surface area contributed by atoms with Crippen LogP contribution in [0, 0.1) is 0 Å². The van der Waals surface area contributed by atoms with Crippen LogP contribution in [0.1, 0.15) is 48.0 Å². The van der Waals surface area contributed by atoms with E-state index in [1.165, 1.54) is 13.2 Å². The number of carbonyl (C=O) groups excluding carboxylic acids is 2. The van der Waals surface area contributed by atoms with Crippen LogP contribution >= 0.6 is 0 Å². The lowest BCUT2D eigenvalue weighted by Gasteiger charge is -2.43. The van der Waals surface area contributed by atoms with Crippen molar-refractivity contribution in [3.63, 3.8) is 0 Å². The molecule has 1 atom stereocenters. The van der Waals surface area contributed by atoms with Gasteiger partial charge in [0.15, 0.2) is 0 Å². The Kier molecular flexibility index (Phi) is 9.86. The van der Waals surface area contributed by atoms with E-state index >= 15 is 0 Å². The fraction of sp³-hybridized carbons (Fsp3) is 0.429. The van der Waals surface area contributed by atoms with Gasteiger partial charge in [0.1, 0.15) is 5.60 Å². The highest BCUT2D eigenvalue weighted by Crippen LogP contribution is 2.36. The summed E-state index contributed by atoms with van der Waals surface area (Å²) in [4.78, 5) is 24.2. The predicted molar refractivity (Wildman–Crippen MR) is 143 cm³/mol. The molecule has 7 heteroatoms. The predicted octanol–water partition coefficient (Wildman–Crippen LogP) is 4.58. The second kappa shape index (κ2) is 12.2. The molecule has 0 saturated carbocycles. The maximum Gasteiger partial charge on any atom is 0.407 e. The quantitative estimate of drug-likeness (QED) is 0.312. The van der Waals surface area contributed by atoms with Crippen LogP contribution in [0.5, 0.6) is 0 Å². The van der Waals surface area contributed by atoms with Crippen molar-refractivity contribution in [2.75, 3.05) is 13.7 Å². The average molecular weight is 498 g/mol. The van der Waals surface area contributed by atoms with Crippen molar-refractivity contribution in [3.05, 3.63) is 72.8 Å². The maximum atomic E-state index is 12.6. The SMILES string of the molecule is COC(=O)/C=C/C[C@H](CO[Si](c1ccccc1)(c1ccccc1)C(C)(C)C)NC(=O)OC(C)(C)C. The Labute approximate surface area is 210 Å². The van der Waals surface area contributed by atoms with Gasteiger partial charge in [-0.1, -0.05) is 87.5 Å². The maximum absolute atomic E-state index is 12.6. The van der Waals surface area contributed by atoms with E-state index in [0.29, 0.717) is 6.42 Å². The monoisotopic (exact) mass is 497 g/mol. The zero-order valence-electron chi connectivity index (χ0n) is 22.0. The third-order valence-corrected chi connectivity index (χ3v) is 10.5. The first kappa shape index (κ1) is 28.3. The van der Waals surface area contributed by atoms with Gasteiger partial charge < -0.3 is 19.2 Å². The molecule has 0 fully saturated rings. The second-order valence-corrected chi connectivity index (χ2v) is 14.8. The van der Waals surface area contributed by atoms with E-state index in [9.17, 15) is 9.59 Å². The number of carbonyl (C=O) groups is 2. The normalized spacial score (nSPS) is 13.3. The highest BCUT2D eigenvalue weighted by Gasteiger charge is 2.50. The Morgan fingerprint density at radius 1 is 0.914 bits per heavy atom. The van der Waals surface area contributed by atoms with Gasteiger partial charge in [-0.05, 0) is 42.6 Å². The van der Waals surface area contributed by atoms with Crippen LogP contribution < -0.4 is 15.7 Å². The number of methoxy groups -OCH3 is 1. The number of nitrogens with one attached hydrogen (secondary N) is 1. The highest BCUT2D eigenvalue weighted by atomic mass is 28.4. The van der Waals surface area contributed by atoms with Gasteiger partial charge >= 0.3 is 12.1 Å². The third kappa shape index (κ3) is 8.08. The van der Waals surface area contributed by atoms with Gasteiger partial charge in [0.25, 0.3) is 8.32 Å². The Balaban J connectivity index is 2.43. The topological polar surface area (TPSA) is 73.9 Å². The summed E-state index contributed by atoms with van der Waals surface area (Å²) in [5.41, 5.74) is -0.630. The minimum atomic E-state index is -2.79. The van der Waals surface area contributed by atoms with Gasteiger partial charge in [0.2, 0.25) is 0 Å². The van der Waals surface area contributed by atoms with Crippen LogP contribution in [0.4, 0.5) is 4.79 Å². The lowest BCUT2D eigenvalue weighted by Crippen LogP contribution is -2.67. The molecule has 1 N–H and O–H groups in total. The van der Waals surface area contributed by atoms with Gasteiger partial charge in [0, 0.05) is 6.08 Å². The van der Waals surface area contributed by atoms with E-state index in [0.717, 1.165) is 10.4 Å². The van der Waals surface area contributed by atoms with Crippen molar-refractivity contribution in [2.45, 2.75) is 64.6 Å². The number of esters is 1. The number of hydrogen-bond acceptors (Lipinski definition) is 5. The lowest BCUT2D eigenvalue weighted by atomic mass is 10.2. The molecular weight excluding hydrogens is 458 g/mol. The lowest BCUT2D eigenvalue weighted by molar-refractivity contribution is -0.134. The number of benzene rings is 2. The van der Waals surface area contributed by atoms with Crippen LogP contribution in [0.2, 0.25) is 5.04 Å². The molecule has 6 nitrogen and oxygen atoms in total. The van der Waals surface area contributed by atoms with Gasteiger partial charge in [0.05, 0.1) is 19.8 Å². The zero-order valence-corrected chi connectivity index (χ0v) is 23.0. The molecule has 1 amide bonds. The van der Waals surface area contributed by atoms with E-state index < -0.39 is 32.0 Å². The van der Waals surface area contributed by atoms with E-state index in [-0.39, 0.29) is 11.6 Å². The van der Waals surface area contributed by atoms with Gasteiger partial charge in [-0.2, -0.15) is 0 Å².